The number of allylic oxidation sites excluding steroid dienone is 1. The molecule has 3 aromatic carbocycles. The van der Waals surface area contributed by atoms with Gasteiger partial charge >= 0.3 is 0 Å². The van der Waals surface area contributed by atoms with Crippen LogP contribution in [0.5, 0.6) is 5.75 Å². The summed E-state index contributed by atoms with van der Waals surface area (Å²) in [7, 11) is 0. The first kappa shape index (κ1) is 26.5. The number of primary amides is 1. The third-order valence-corrected chi connectivity index (χ3v) is 8.25. The molecule has 1 fully saturated rings. The lowest BCUT2D eigenvalue weighted by atomic mass is 9.58. The number of rotatable bonds is 7. The number of benzene rings is 3. The Labute approximate surface area is 236 Å². The maximum atomic E-state index is 13.9. The fraction of sp³-hybridized carbons (Fsp3) is 0.242. The van der Waals surface area contributed by atoms with Crippen LogP contribution in [0.4, 0.5) is 0 Å². The Kier molecular flexibility index (Phi) is 6.71. The molecule has 0 radical (unpaired) electrons. The number of aliphatic hydroxyl groups excluding tert-OH is 1. The van der Waals surface area contributed by atoms with Crippen molar-refractivity contribution in [1.82, 2.24) is 0 Å². The second-order valence-electron chi connectivity index (χ2n) is 10.7. The van der Waals surface area contributed by atoms with E-state index in [1.165, 1.54) is 0 Å². The van der Waals surface area contributed by atoms with Gasteiger partial charge in [0.1, 0.15) is 36.1 Å². The molecule has 3 atom stereocenters. The van der Waals surface area contributed by atoms with E-state index >= 15 is 0 Å². The van der Waals surface area contributed by atoms with E-state index in [1.807, 2.05) is 72.8 Å². The van der Waals surface area contributed by atoms with Gasteiger partial charge in [0, 0.05) is 17.9 Å². The smallest absolute Gasteiger partial charge is 0.255 e. The predicted octanol–water partition coefficient (Wildman–Crippen LogP) is 3.96. The molecule has 0 spiro atoms. The standard InChI is InChI=1S/C33H29NO7/c34-32(38)28-25(41-18-20-10-5-2-6-11-20)16-23-15-22-14-21-12-7-13-24(40-17-19-8-3-1-4-9-19)26(21)29(35)27(22)30(36)33(23,39)31(28)37/h1-13,22-23,35,39H,14-18H2,(H2,34,38). The highest BCUT2D eigenvalue weighted by atomic mass is 16.5. The molecular formula is C33H29NO7. The number of Topliss-reactive ketones (excluding diaryl/α,β-unsaturated/α-hetero) is 2. The normalized spacial score (nSPS) is 23.4. The summed E-state index contributed by atoms with van der Waals surface area (Å²) in [5, 5.41) is 23.2. The first-order chi connectivity index (χ1) is 19.8. The summed E-state index contributed by atoms with van der Waals surface area (Å²) in [6.07, 6.45) is 0.624. The van der Waals surface area contributed by atoms with E-state index in [0.717, 1.165) is 16.7 Å². The van der Waals surface area contributed by atoms with E-state index in [-0.39, 0.29) is 43.1 Å². The number of amides is 1. The summed E-state index contributed by atoms with van der Waals surface area (Å²) in [6, 6.07) is 24.2. The number of hydrogen-bond acceptors (Lipinski definition) is 7. The maximum absolute atomic E-state index is 13.9. The first-order valence-corrected chi connectivity index (χ1v) is 13.5. The quantitative estimate of drug-likeness (QED) is 0.299. The second-order valence-corrected chi connectivity index (χ2v) is 10.7. The molecule has 208 valence electrons. The lowest BCUT2D eigenvalue weighted by Crippen LogP contribution is -2.61. The Morgan fingerprint density at radius 3 is 2.12 bits per heavy atom. The molecule has 8 heteroatoms. The number of carbonyl (C=O) groups is 3. The monoisotopic (exact) mass is 551 g/mol. The van der Waals surface area contributed by atoms with Crippen LogP contribution >= 0.6 is 0 Å². The largest absolute Gasteiger partial charge is 0.507 e. The highest BCUT2D eigenvalue weighted by Gasteiger charge is 2.61. The van der Waals surface area contributed by atoms with Crippen LogP contribution in [0.3, 0.4) is 0 Å². The SMILES string of the molecule is NC(=O)C1=C(OCc2ccccc2)CC2CC3Cc4cccc(OCc5ccccc5)c4C(O)=C3C(=O)C2(O)C1=O. The van der Waals surface area contributed by atoms with Gasteiger partial charge in [-0.05, 0) is 41.5 Å². The minimum absolute atomic E-state index is 0.0172. The zero-order chi connectivity index (χ0) is 28.7. The number of carbonyl (C=O) groups excluding carboxylic acids is 3. The Morgan fingerprint density at radius 2 is 1.49 bits per heavy atom. The van der Waals surface area contributed by atoms with Gasteiger partial charge in [0.05, 0.1) is 5.56 Å². The summed E-state index contributed by atoms with van der Waals surface area (Å²) in [6.45, 7) is 0.341. The Bertz CT molecular complexity index is 1610. The second kappa shape index (κ2) is 10.4. The van der Waals surface area contributed by atoms with Crippen molar-refractivity contribution in [2.24, 2.45) is 17.6 Å². The van der Waals surface area contributed by atoms with Crippen LogP contribution in [0.1, 0.15) is 35.1 Å². The lowest BCUT2D eigenvalue weighted by Gasteiger charge is -2.46. The van der Waals surface area contributed by atoms with Crippen LogP contribution in [0.25, 0.3) is 5.76 Å². The van der Waals surface area contributed by atoms with E-state index in [4.69, 9.17) is 15.2 Å². The van der Waals surface area contributed by atoms with Crippen molar-refractivity contribution in [3.8, 4) is 5.75 Å². The van der Waals surface area contributed by atoms with Gasteiger partial charge in [-0.15, -0.1) is 0 Å². The molecular weight excluding hydrogens is 522 g/mol. The van der Waals surface area contributed by atoms with Gasteiger partial charge in [-0.1, -0.05) is 72.8 Å². The summed E-state index contributed by atoms with van der Waals surface area (Å²) in [4.78, 5) is 40.0. The van der Waals surface area contributed by atoms with E-state index in [9.17, 15) is 24.6 Å². The molecule has 8 nitrogen and oxygen atoms in total. The number of hydrogen-bond donors (Lipinski definition) is 3. The zero-order valence-corrected chi connectivity index (χ0v) is 22.2. The number of nitrogens with two attached hydrogens (primary N) is 1. The number of ketones is 2. The summed E-state index contributed by atoms with van der Waals surface area (Å²) in [5.41, 5.74) is 5.40. The lowest BCUT2D eigenvalue weighted by molar-refractivity contribution is -0.158. The molecule has 0 bridgehead atoms. The van der Waals surface area contributed by atoms with Crippen molar-refractivity contribution in [2.45, 2.75) is 38.1 Å². The van der Waals surface area contributed by atoms with Crippen molar-refractivity contribution in [1.29, 1.82) is 0 Å². The van der Waals surface area contributed by atoms with Crippen molar-refractivity contribution in [2.75, 3.05) is 0 Å². The van der Waals surface area contributed by atoms with Crippen LogP contribution in [-0.2, 0) is 38.8 Å². The Hall–Kier alpha value is -4.69. The molecule has 4 N–H and O–H groups in total. The van der Waals surface area contributed by atoms with Gasteiger partial charge in [0.2, 0.25) is 11.6 Å². The fourth-order valence-corrected chi connectivity index (χ4v) is 6.25. The summed E-state index contributed by atoms with van der Waals surface area (Å²) >= 11 is 0. The molecule has 3 aromatic rings. The molecule has 3 unspecified atom stereocenters. The van der Waals surface area contributed by atoms with E-state index in [2.05, 4.69) is 0 Å². The molecule has 1 amide bonds. The van der Waals surface area contributed by atoms with Crippen molar-refractivity contribution in [3.63, 3.8) is 0 Å². The first-order valence-electron chi connectivity index (χ1n) is 13.5. The van der Waals surface area contributed by atoms with Gasteiger partial charge < -0.3 is 25.4 Å². The predicted molar refractivity (Wildman–Crippen MR) is 149 cm³/mol. The van der Waals surface area contributed by atoms with Crippen molar-refractivity contribution in [3.05, 3.63) is 118 Å². The molecule has 0 aromatic heterocycles. The third-order valence-electron chi connectivity index (χ3n) is 8.25. The van der Waals surface area contributed by atoms with Gasteiger partial charge in [-0.3, -0.25) is 14.4 Å². The average Bonchev–Trinajstić information content (AvgIpc) is 2.97. The maximum Gasteiger partial charge on any atom is 0.255 e. The Balaban J connectivity index is 1.35. The van der Waals surface area contributed by atoms with Crippen LogP contribution in [0, 0.1) is 11.8 Å². The number of fused-ring (bicyclic) bond motifs is 3. The highest BCUT2D eigenvalue weighted by Crippen LogP contribution is 2.51. The minimum atomic E-state index is -2.54. The summed E-state index contributed by atoms with van der Waals surface area (Å²) < 4.78 is 11.9. The molecule has 0 saturated heterocycles. The third kappa shape index (κ3) is 4.50. The number of aliphatic hydroxyl groups is 2. The zero-order valence-electron chi connectivity index (χ0n) is 22.2. The fourth-order valence-electron chi connectivity index (χ4n) is 6.25. The van der Waals surface area contributed by atoms with Crippen LogP contribution in [0.15, 0.2) is 95.8 Å². The molecule has 0 aliphatic heterocycles. The molecule has 41 heavy (non-hydrogen) atoms. The summed E-state index contributed by atoms with van der Waals surface area (Å²) in [5.74, 6) is -4.23. The van der Waals surface area contributed by atoms with Crippen molar-refractivity contribution < 1.29 is 34.1 Å². The van der Waals surface area contributed by atoms with Crippen LogP contribution < -0.4 is 10.5 Å². The van der Waals surface area contributed by atoms with E-state index < -0.39 is 40.5 Å². The van der Waals surface area contributed by atoms with Crippen molar-refractivity contribution >= 4 is 23.2 Å². The van der Waals surface area contributed by atoms with Gasteiger partial charge in [0.25, 0.3) is 5.91 Å². The minimum Gasteiger partial charge on any atom is -0.507 e. The van der Waals surface area contributed by atoms with Gasteiger partial charge in [-0.2, -0.15) is 0 Å². The van der Waals surface area contributed by atoms with Crippen LogP contribution in [-0.4, -0.2) is 33.3 Å². The molecule has 6 rings (SSSR count). The van der Waals surface area contributed by atoms with E-state index in [1.54, 1.807) is 6.07 Å². The molecule has 0 heterocycles. The molecule has 1 saturated carbocycles. The van der Waals surface area contributed by atoms with Gasteiger partial charge in [-0.25, -0.2) is 0 Å². The topological polar surface area (TPSA) is 136 Å². The van der Waals surface area contributed by atoms with Crippen LogP contribution in [0.2, 0.25) is 0 Å². The molecule has 3 aliphatic rings. The molecule has 3 aliphatic carbocycles. The highest BCUT2D eigenvalue weighted by molar-refractivity contribution is 6.32. The average molecular weight is 552 g/mol. The number of ether oxygens (including phenoxy) is 2. The van der Waals surface area contributed by atoms with E-state index in [0.29, 0.717) is 17.7 Å². The van der Waals surface area contributed by atoms with Gasteiger partial charge in [0.15, 0.2) is 5.60 Å². The Morgan fingerprint density at radius 1 is 0.854 bits per heavy atom.